The quantitative estimate of drug-likeness (QED) is 0.778. The Hall–Kier alpha value is -0.160. The molecule has 1 atom stereocenters. The molecule has 1 aliphatic heterocycles. The summed E-state index contributed by atoms with van der Waals surface area (Å²) in [6.45, 7) is 3.10. The molecule has 0 spiro atoms. The molecule has 1 saturated heterocycles. The molecular formula is C11H17ClN2OS. The van der Waals surface area contributed by atoms with Crippen molar-refractivity contribution in [1.29, 1.82) is 0 Å². The Labute approximate surface area is 105 Å². The number of methoxy groups -OCH3 is 1. The van der Waals surface area contributed by atoms with Crippen molar-refractivity contribution in [1.82, 2.24) is 9.88 Å². The van der Waals surface area contributed by atoms with Gasteiger partial charge in [0.2, 0.25) is 0 Å². The van der Waals surface area contributed by atoms with Crippen molar-refractivity contribution in [2.75, 3.05) is 20.2 Å². The van der Waals surface area contributed by atoms with Gasteiger partial charge in [-0.1, -0.05) is 0 Å². The van der Waals surface area contributed by atoms with E-state index in [1.807, 2.05) is 5.38 Å². The summed E-state index contributed by atoms with van der Waals surface area (Å²) in [7, 11) is 1.79. The third-order valence-electron chi connectivity index (χ3n) is 2.89. The Morgan fingerprint density at radius 3 is 3.25 bits per heavy atom. The summed E-state index contributed by atoms with van der Waals surface area (Å²) in [5.41, 5.74) is 0.988. The van der Waals surface area contributed by atoms with E-state index in [1.54, 1.807) is 18.4 Å². The molecule has 3 nitrogen and oxygen atoms in total. The maximum atomic E-state index is 5.74. The highest BCUT2D eigenvalue weighted by atomic mass is 35.5. The summed E-state index contributed by atoms with van der Waals surface area (Å²) in [5, 5.41) is 3.20. The van der Waals surface area contributed by atoms with Crippen molar-refractivity contribution in [3.8, 4) is 0 Å². The predicted molar refractivity (Wildman–Crippen MR) is 67.0 cm³/mol. The van der Waals surface area contributed by atoms with Crippen molar-refractivity contribution < 1.29 is 4.74 Å². The number of thiazole rings is 1. The first-order valence-electron chi connectivity index (χ1n) is 5.56. The third-order valence-corrected chi connectivity index (χ3v) is 4.05. The number of hydrogen-bond acceptors (Lipinski definition) is 4. The number of halogens is 1. The van der Waals surface area contributed by atoms with Gasteiger partial charge in [0, 0.05) is 19.0 Å². The topological polar surface area (TPSA) is 25.4 Å². The van der Waals surface area contributed by atoms with Crippen LogP contribution >= 0.6 is 22.9 Å². The van der Waals surface area contributed by atoms with Crippen LogP contribution in [0.2, 0.25) is 0 Å². The first-order valence-corrected chi connectivity index (χ1v) is 6.97. The summed E-state index contributed by atoms with van der Waals surface area (Å²) in [6.07, 6.45) is 2.78. The summed E-state index contributed by atoms with van der Waals surface area (Å²) in [6, 6.07) is 0. The molecule has 0 amide bonds. The second-order valence-electron chi connectivity index (χ2n) is 4.10. The summed E-state index contributed by atoms with van der Waals surface area (Å²) < 4.78 is 5.41. The van der Waals surface area contributed by atoms with Crippen molar-refractivity contribution in [3.05, 3.63) is 16.1 Å². The number of alkyl halides is 1. The Morgan fingerprint density at radius 2 is 2.56 bits per heavy atom. The van der Waals surface area contributed by atoms with Crippen LogP contribution in [0, 0.1) is 0 Å². The number of nitrogens with zero attached hydrogens (tertiary/aromatic N) is 2. The molecule has 2 heterocycles. The smallest absolute Gasteiger partial charge is 0.107 e. The van der Waals surface area contributed by atoms with Gasteiger partial charge in [0.05, 0.1) is 24.2 Å². The van der Waals surface area contributed by atoms with E-state index in [9.17, 15) is 0 Å². The monoisotopic (exact) mass is 260 g/mol. The average molecular weight is 261 g/mol. The number of piperidine rings is 1. The Balaban J connectivity index is 1.88. The van der Waals surface area contributed by atoms with Gasteiger partial charge in [0.25, 0.3) is 0 Å². The van der Waals surface area contributed by atoms with Crippen LogP contribution in [0.5, 0.6) is 0 Å². The maximum Gasteiger partial charge on any atom is 0.107 e. The van der Waals surface area contributed by atoms with E-state index in [0.29, 0.717) is 12.0 Å². The molecule has 0 bridgehead atoms. The molecule has 1 aliphatic rings. The molecule has 0 saturated carbocycles. The van der Waals surface area contributed by atoms with Gasteiger partial charge in [-0.15, -0.1) is 22.9 Å². The molecule has 0 aliphatic carbocycles. The minimum absolute atomic E-state index is 0.390. The molecule has 0 aromatic carbocycles. The summed E-state index contributed by atoms with van der Waals surface area (Å²) >= 11 is 7.44. The molecule has 0 N–H and O–H groups in total. The lowest BCUT2D eigenvalue weighted by atomic mass is 10.1. The number of hydrogen-bond donors (Lipinski definition) is 0. The molecule has 0 radical (unpaired) electrons. The van der Waals surface area contributed by atoms with Gasteiger partial charge in [-0.2, -0.15) is 0 Å². The SMILES string of the molecule is COC1CCCN(Cc2nc(CCl)cs2)C1. The van der Waals surface area contributed by atoms with Crippen molar-refractivity contribution in [2.45, 2.75) is 31.4 Å². The molecule has 1 unspecified atom stereocenters. The normalized spacial score (nSPS) is 22.5. The fourth-order valence-electron chi connectivity index (χ4n) is 2.02. The van der Waals surface area contributed by atoms with Crippen molar-refractivity contribution >= 4 is 22.9 Å². The van der Waals surface area contributed by atoms with Crippen molar-refractivity contribution in [2.24, 2.45) is 0 Å². The van der Waals surface area contributed by atoms with Crippen LogP contribution in [0.4, 0.5) is 0 Å². The minimum Gasteiger partial charge on any atom is -0.380 e. The van der Waals surface area contributed by atoms with E-state index in [1.165, 1.54) is 12.8 Å². The standard InChI is InChI=1S/C11H17ClN2OS/c1-15-10-3-2-4-14(6-10)7-11-13-9(5-12)8-16-11/h8,10H,2-7H2,1H3. The summed E-state index contributed by atoms with van der Waals surface area (Å²) in [4.78, 5) is 6.89. The first kappa shape index (κ1) is 12.3. The predicted octanol–water partition coefficient (Wildman–Crippen LogP) is 2.49. The summed E-state index contributed by atoms with van der Waals surface area (Å²) in [5.74, 6) is 0.511. The zero-order valence-electron chi connectivity index (χ0n) is 9.49. The van der Waals surface area contributed by atoms with Gasteiger partial charge < -0.3 is 4.74 Å². The van der Waals surface area contributed by atoms with E-state index in [0.717, 1.165) is 30.3 Å². The Kier molecular flexibility index (Phi) is 4.58. The van der Waals surface area contributed by atoms with Crippen LogP contribution in [-0.2, 0) is 17.2 Å². The van der Waals surface area contributed by atoms with Crippen LogP contribution in [0.1, 0.15) is 23.5 Å². The van der Waals surface area contributed by atoms with Gasteiger partial charge in [0.1, 0.15) is 5.01 Å². The van der Waals surface area contributed by atoms with Crippen LogP contribution in [0.15, 0.2) is 5.38 Å². The van der Waals surface area contributed by atoms with Gasteiger partial charge in [0.15, 0.2) is 0 Å². The van der Waals surface area contributed by atoms with Crippen molar-refractivity contribution in [3.63, 3.8) is 0 Å². The van der Waals surface area contributed by atoms with Crippen LogP contribution < -0.4 is 0 Å². The van der Waals surface area contributed by atoms with E-state index in [2.05, 4.69) is 9.88 Å². The number of aromatic nitrogens is 1. The first-order chi connectivity index (χ1) is 7.81. The van der Waals surface area contributed by atoms with Gasteiger partial charge in [-0.3, -0.25) is 4.90 Å². The number of ether oxygens (including phenoxy) is 1. The van der Waals surface area contributed by atoms with E-state index >= 15 is 0 Å². The molecule has 2 rings (SSSR count). The van der Waals surface area contributed by atoms with E-state index < -0.39 is 0 Å². The molecule has 16 heavy (non-hydrogen) atoms. The lowest BCUT2D eigenvalue weighted by molar-refractivity contribution is 0.0285. The Morgan fingerprint density at radius 1 is 1.69 bits per heavy atom. The second kappa shape index (κ2) is 5.96. The van der Waals surface area contributed by atoms with Crippen LogP contribution in [-0.4, -0.2) is 36.2 Å². The maximum absolute atomic E-state index is 5.74. The fraction of sp³-hybridized carbons (Fsp3) is 0.727. The average Bonchev–Trinajstić information content (AvgIpc) is 2.77. The molecule has 5 heteroatoms. The minimum atomic E-state index is 0.390. The van der Waals surface area contributed by atoms with Gasteiger partial charge in [-0.25, -0.2) is 4.98 Å². The van der Waals surface area contributed by atoms with E-state index in [-0.39, 0.29) is 0 Å². The van der Waals surface area contributed by atoms with Crippen LogP contribution in [0.3, 0.4) is 0 Å². The zero-order chi connectivity index (χ0) is 11.4. The highest BCUT2D eigenvalue weighted by Gasteiger charge is 2.20. The molecule has 1 aromatic rings. The molecule has 1 aromatic heterocycles. The highest BCUT2D eigenvalue weighted by molar-refractivity contribution is 7.09. The third kappa shape index (κ3) is 3.17. The number of rotatable bonds is 4. The van der Waals surface area contributed by atoms with Crippen LogP contribution in [0.25, 0.3) is 0 Å². The largest absolute Gasteiger partial charge is 0.380 e. The van der Waals surface area contributed by atoms with Gasteiger partial charge >= 0.3 is 0 Å². The van der Waals surface area contributed by atoms with E-state index in [4.69, 9.17) is 16.3 Å². The highest BCUT2D eigenvalue weighted by Crippen LogP contribution is 2.18. The molecule has 90 valence electrons. The second-order valence-corrected chi connectivity index (χ2v) is 5.31. The lowest BCUT2D eigenvalue weighted by Gasteiger charge is -2.31. The Bertz CT molecular complexity index is 332. The molecular weight excluding hydrogens is 244 g/mol. The lowest BCUT2D eigenvalue weighted by Crippen LogP contribution is -2.38. The zero-order valence-corrected chi connectivity index (χ0v) is 11.1. The molecule has 1 fully saturated rings. The van der Waals surface area contributed by atoms with Gasteiger partial charge in [-0.05, 0) is 19.4 Å². The number of likely N-dealkylation sites (tertiary alicyclic amines) is 1. The fourth-order valence-corrected chi connectivity index (χ4v) is 3.09.